The predicted octanol–water partition coefficient (Wildman–Crippen LogP) is -2.37. The molecule has 0 saturated carbocycles. The molecule has 26 heteroatoms. The van der Waals surface area contributed by atoms with Crippen molar-refractivity contribution in [2.45, 2.75) is 145 Å². The Hall–Kier alpha value is -2.52. The van der Waals surface area contributed by atoms with Crippen LogP contribution in [0.4, 0.5) is 0 Å². The number of carbonyl (C=O) groups excluding carboxylic acids is 4. The molecule has 5 rings (SSSR count). The van der Waals surface area contributed by atoms with Crippen LogP contribution in [0.25, 0.3) is 0 Å². The number of aliphatic hydroxyl groups excluding tert-OH is 2. The number of hydrazine groups is 1. The molecule has 0 spiro atoms. The maximum Gasteiger partial charge on any atom is 0.254 e. The molecule has 5 heterocycles. The van der Waals surface area contributed by atoms with Crippen molar-refractivity contribution in [2.24, 2.45) is 17.6 Å². The van der Waals surface area contributed by atoms with Crippen LogP contribution in [0, 0.1) is 0 Å². The van der Waals surface area contributed by atoms with E-state index in [0.717, 1.165) is 5.06 Å². The van der Waals surface area contributed by atoms with Crippen LogP contribution < -0.4 is 17.6 Å². The first-order valence-corrected chi connectivity index (χ1v) is 19.8. The Balaban J connectivity index is 0.000000817. The molecule has 5 aliphatic heterocycles. The first kappa shape index (κ1) is 60.5. The number of hydroxylamine groups is 4. The van der Waals surface area contributed by atoms with Crippen molar-refractivity contribution in [3.8, 4) is 0 Å². The Morgan fingerprint density at radius 3 is 1.11 bits per heavy atom. The average Bonchev–Trinajstić information content (AvgIpc) is 3.76. The molecule has 5 fully saturated rings. The molecule has 15 atom stereocenters. The van der Waals surface area contributed by atoms with Crippen LogP contribution in [-0.4, -0.2) is 212 Å². The summed E-state index contributed by atoms with van der Waals surface area (Å²) < 4.78 is 64.1. The summed E-state index contributed by atoms with van der Waals surface area (Å²) in [5, 5.41) is 26.5. The van der Waals surface area contributed by atoms with Gasteiger partial charge in [-0.25, -0.2) is 10.7 Å². The van der Waals surface area contributed by atoms with E-state index in [9.17, 15) is 24.3 Å². The number of rotatable bonds is 12. The van der Waals surface area contributed by atoms with E-state index >= 15 is 0 Å². The van der Waals surface area contributed by atoms with E-state index in [-0.39, 0.29) is 98.0 Å². The highest BCUT2D eigenvalue weighted by molar-refractivity contribution is 6.01. The summed E-state index contributed by atoms with van der Waals surface area (Å²) in [4.78, 5) is 53.9. The quantitative estimate of drug-likeness (QED) is 0.0516. The third-order valence-electron chi connectivity index (χ3n) is 10.0. The molecular formula is C37H73N5O21. The number of nitrogens with two attached hydrogens (primary N) is 3. The SMILES string of the molecule is CCO.CO[C@@H]1[C@@H](OC)[C@@H](OC)C(O)O[C@H]1C.CO[C@@H]1[C@@H](OC)[C@H](C)O[C@@H](ON)[C@@H]1OC.CO[C@@H]1[C@@H](OC)[C@H](C)O[C@@H](ON2C(=O)CCC2=O)[C@@H]1OC.NN.O=C1CCC(=O)N1O. The van der Waals surface area contributed by atoms with Gasteiger partial charge in [0.1, 0.15) is 54.9 Å². The zero-order valence-electron chi connectivity index (χ0n) is 38.5. The van der Waals surface area contributed by atoms with Gasteiger partial charge in [-0.05, 0) is 27.7 Å². The molecule has 0 aliphatic carbocycles. The summed E-state index contributed by atoms with van der Waals surface area (Å²) in [6.07, 6.45) is -6.01. The van der Waals surface area contributed by atoms with Gasteiger partial charge in [-0.1, -0.05) is 0 Å². The van der Waals surface area contributed by atoms with E-state index in [4.69, 9.17) is 82.7 Å². The second-order valence-electron chi connectivity index (χ2n) is 13.7. The molecule has 5 aliphatic rings. The third-order valence-corrected chi connectivity index (χ3v) is 10.0. The number of hydrogen-bond acceptors (Lipinski definition) is 24. The van der Waals surface area contributed by atoms with Crippen molar-refractivity contribution >= 4 is 23.6 Å². The molecule has 1 unspecified atom stereocenters. The Morgan fingerprint density at radius 1 is 0.524 bits per heavy atom. The lowest BCUT2D eigenvalue weighted by Crippen LogP contribution is -2.60. The van der Waals surface area contributed by atoms with Crippen LogP contribution in [0.2, 0.25) is 0 Å². The first-order valence-electron chi connectivity index (χ1n) is 19.8. The Labute approximate surface area is 368 Å². The van der Waals surface area contributed by atoms with E-state index < -0.39 is 55.1 Å². The lowest BCUT2D eigenvalue weighted by Gasteiger charge is -2.43. The standard InChI is InChI=1S/C13H21NO7.C9H19NO5.C9H18O5.C4H5NO3.C2H6O.H4N2/c1-7-10(17-2)11(18-3)12(19-4)13(20-7)21-14-8(15)5-6-9(14)16;1-5-6(11-2)7(12-3)8(13-4)9(14-5)15-10;1-5-6(11-2)7(12-3)8(13-4)9(10)14-5;6-3-1-2-4(7)5(3)8;1-2-3;1-2/h7,10-13H,5-6H2,1-4H3;5-9H,10H2,1-4H3;5-10H,1-4H3;8H,1-2H2;3H,2H2,1H3;1-2H2/t7-,10-,11+,12+,13-;5-,6-,7+,8+,9-;5-,6-,7+,8+,9?;;;/m000.../s1. The van der Waals surface area contributed by atoms with Crippen LogP contribution in [0.15, 0.2) is 0 Å². The molecule has 0 bridgehead atoms. The van der Waals surface area contributed by atoms with Crippen LogP contribution >= 0.6 is 0 Å². The van der Waals surface area contributed by atoms with E-state index in [1.54, 1.807) is 56.5 Å². The normalized spacial score (nSPS) is 35.1. The number of hydrogen-bond donors (Lipinski definition) is 6. The van der Waals surface area contributed by atoms with Gasteiger partial charge in [-0.2, -0.15) is 10.1 Å². The second kappa shape index (κ2) is 32.2. The molecule has 63 heavy (non-hydrogen) atoms. The highest BCUT2D eigenvalue weighted by Crippen LogP contribution is 2.30. The average molecular weight is 924 g/mol. The minimum Gasteiger partial charge on any atom is -0.397 e. The lowest BCUT2D eigenvalue weighted by atomic mass is 9.99. The summed E-state index contributed by atoms with van der Waals surface area (Å²) in [7, 11) is 14.0. The van der Waals surface area contributed by atoms with E-state index in [0.29, 0.717) is 0 Å². The Bertz CT molecular complexity index is 1250. The smallest absolute Gasteiger partial charge is 0.254 e. The number of methoxy groups -OCH3 is 9. The number of nitrogens with zero attached hydrogens (tertiary/aromatic N) is 2. The molecule has 0 aromatic rings. The number of imide groups is 2. The molecule has 9 N–H and O–H groups in total. The molecule has 0 radical (unpaired) electrons. The molecule has 0 aromatic carbocycles. The summed E-state index contributed by atoms with van der Waals surface area (Å²) in [6.45, 7) is 7.43. The fourth-order valence-electron chi connectivity index (χ4n) is 7.00. The van der Waals surface area contributed by atoms with E-state index in [2.05, 4.69) is 11.7 Å². The molecule has 4 amide bonds. The van der Waals surface area contributed by atoms with E-state index in [1.165, 1.54) is 21.3 Å². The zero-order valence-corrected chi connectivity index (χ0v) is 38.5. The van der Waals surface area contributed by atoms with Gasteiger partial charge >= 0.3 is 0 Å². The van der Waals surface area contributed by atoms with Gasteiger partial charge in [-0.3, -0.25) is 40.9 Å². The van der Waals surface area contributed by atoms with Gasteiger partial charge in [-0.15, -0.1) is 0 Å². The summed E-state index contributed by atoms with van der Waals surface area (Å²) in [6, 6.07) is 0. The topological polar surface area (TPSA) is 343 Å². The van der Waals surface area contributed by atoms with E-state index in [1.807, 2.05) is 13.8 Å². The third kappa shape index (κ3) is 17.0. The van der Waals surface area contributed by atoms with Gasteiger partial charge in [0.2, 0.25) is 12.6 Å². The van der Waals surface area contributed by atoms with Crippen molar-refractivity contribution < 1.29 is 101 Å². The monoisotopic (exact) mass is 923 g/mol. The number of carbonyl (C=O) groups is 4. The zero-order chi connectivity index (χ0) is 48.6. The van der Waals surface area contributed by atoms with Crippen LogP contribution in [-0.2, 0) is 85.7 Å². The lowest BCUT2D eigenvalue weighted by molar-refractivity contribution is -0.346. The van der Waals surface area contributed by atoms with Gasteiger partial charge in [0, 0.05) is 96.3 Å². The maximum absolute atomic E-state index is 11.6. The largest absolute Gasteiger partial charge is 0.397 e. The molecule has 372 valence electrons. The van der Waals surface area contributed by atoms with Gasteiger partial charge in [0.15, 0.2) is 6.29 Å². The first-order chi connectivity index (χ1) is 30.0. The summed E-state index contributed by atoms with van der Waals surface area (Å²) >= 11 is 0. The molecular weight excluding hydrogens is 850 g/mol. The van der Waals surface area contributed by atoms with Crippen molar-refractivity contribution in [1.82, 2.24) is 10.1 Å². The Kier molecular flexibility index (Phi) is 30.9. The van der Waals surface area contributed by atoms with Gasteiger partial charge in [0.05, 0.1) is 18.3 Å². The maximum atomic E-state index is 11.6. The van der Waals surface area contributed by atoms with Crippen molar-refractivity contribution in [1.29, 1.82) is 0 Å². The summed E-state index contributed by atoms with van der Waals surface area (Å²) in [5.74, 6) is 11.4. The van der Waals surface area contributed by atoms with Crippen LogP contribution in [0.3, 0.4) is 0 Å². The fourth-order valence-corrected chi connectivity index (χ4v) is 7.00. The van der Waals surface area contributed by atoms with Gasteiger partial charge in [0.25, 0.3) is 23.6 Å². The highest BCUT2D eigenvalue weighted by Gasteiger charge is 2.49. The number of ether oxygens (including phenoxy) is 12. The molecule has 5 saturated heterocycles. The van der Waals surface area contributed by atoms with Crippen LogP contribution in [0.5, 0.6) is 0 Å². The number of aliphatic hydroxyl groups is 2. The summed E-state index contributed by atoms with van der Waals surface area (Å²) in [5.41, 5.74) is 0. The number of amides is 4. The van der Waals surface area contributed by atoms with Crippen LogP contribution in [0.1, 0.15) is 53.4 Å². The molecule has 0 aromatic heterocycles. The van der Waals surface area contributed by atoms with Crippen molar-refractivity contribution in [3.05, 3.63) is 0 Å². The predicted molar refractivity (Wildman–Crippen MR) is 214 cm³/mol. The van der Waals surface area contributed by atoms with Crippen molar-refractivity contribution in [3.63, 3.8) is 0 Å². The van der Waals surface area contributed by atoms with Gasteiger partial charge < -0.3 is 67.1 Å². The highest BCUT2D eigenvalue weighted by atomic mass is 16.8. The minimum absolute atomic E-state index is 0.146. The second-order valence-corrected chi connectivity index (χ2v) is 13.7. The Morgan fingerprint density at radius 2 is 0.810 bits per heavy atom. The molecule has 26 nitrogen and oxygen atoms in total. The fraction of sp³-hybridized carbons (Fsp3) is 0.892. The minimum atomic E-state index is -0.966. The van der Waals surface area contributed by atoms with Crippen molar-refractivity contribution in [2.75, 3.05) is 70.6 Å².